The van der Waals surface area contributed by atoms with Gasteiger partial charge in [0.25, 0.3) is 11.1 Å². The molecule has 7 nitrogen and oxygen atoms in total. The van der Waals surface area contributed by atoms with Crippen LogP contribution in [0.5, 0.6) is 11.5 Å². The molecule has 0 unspecified atom stereocenters. The lowest BCUT2D eigenvalue weighted by molar-refractivity contribution is -0.127. The van der Waals surface area contributed by atoms with Crippen LogP contribution < -0.4 is 14.8 Å². The number of amides is 3. The second-order valence-corrected chi connectivity index (χ2v) is 8.90. The van der Waals surface area contributed by atoms with Crippen LogP contribution in [-0.4, -0.2) is 35.6 Å². The summed E-state index contributed by atoms with van der Waals surface area (Å²) in [6.45, 7) is -0.0853. The first-order chi connectivity index (χ1) is 16.9. The Kier molecular flexibility index (Phi) is 7.74. The minimum Gasteiger partial charge on any atom is -0.497 e. The lowest BCUT2D eigenvalue weighted by Gasteiger charge is -2.12. The first-order valence-corrected chi connectivity index (χ1v) is 11.8. The summed E-state index contributed by atoms with van der Waals surface area (Å²) >= 11 is 6.96. The highest BCUT2D eigenvalue weighted by Crippen LogP contribution is 2.32. The van der Waals surface area contributed by atoms with Crippen LogP contribution in [0, 0.1) is 0 Å². The normalized spacial score (nSPS) is 14.3. The van der Waals surface area contributed by atoms with E-state index in [0.29, 0.717) is 34.4 Å². The molecule has 3 amide bonds. The fourth-order valence-electron chi connectivity index (χ4n) is 3.28. The lowest BCUT2D eigenvalue weighted by atomic mass is 10.2. The lowest BCUT2D eigenvalue weighted by Crippen LogP contribution is -2.36. The van der Waals surface area contributed by atoms with Gasteiger partial charge in [-0.2, -0.15) is 0 Å². The Hall–Kier alpha value is -3.75. The number of rotatable bonds is 8. The monoisotopic (exact) mass is 508 g/mol. The molecule has 1 aliphatic rings. The molecular weight excluding hydrogens is 488 g/mol. The van der Waals surface area contributed by atoms with Gasteiger partial charge in [-0.25, -0.2) is 0 Å². The number of hydrogen-bond acceptors (Lipinski definition) is 6. The quantitative estimate of drug-likeness (QED) is 0.398. The molecule has 35 heavy (non-hydrogen) atoms. The van der Waals surface area contributed by atoms with E-state index in [-0.39, 0.29) is 11.4 Å². The van der Waals surface area contributed by atoms with E-state index >= 15 is 0 Å². The zero-order valence-electron chi connectivity index (χ0n) is 18.7. The van der Waals surface area contributed by atoms with Gasteiger partial charge in [0.2, 0.25) is 5.91 Å². The Balaban J connectivity index is 1.39. The van der Waals surface area contributed by atoms with Gasteiger partial charge in [0, 0.05) is 16.3 Å². The van der Waals surface area contributed by atoms with Gasteiger partial charge in [-0.1, -0.05) is 41.9 Å². The highest BCUT2D eigenvalue weighted by Gasteiger charge is 2.36. The molecule has 178 valence electrons. The molecule has 0 aromatic heterocycles. The number of benzene rings is 3. The van der Waals surface area contributed by atoms with E-state index in [9.17, 15) is 14.4 Å². The second kappa shape index (κ2) is 11.1. The van der Waals surface area contributed by atoms with Crippen molar-refractivity contribution in [2.75, 3.05) is 19.0 Å². The average molecular weight is 509 g/mol. The summed E-state index contributed by atoms with van der Waals surface area (Å²) in [7, 11) is 1.55. The number of halogens is 1. The molecule has 0 radical (unpaired) electrons. The topological polar surface area (TPSA) is 84.9 Å². The van der Waals surface area contributed by atoms with Crippen LogP contribution >= 0.6 is 23.4 Å². The number of anilines is 1. The van der Waals surface area contributed by atoms with Crippen molar-refractivity contribution in [3.05, 3.63) is 93.9 Å². The van der Waals surface area contributed by atoms with Crippen molar-refractivity contribution >= 4 is 52.2 Å². The summed E-state index contributed by atoms with van der Waals surface area (Å²) in [6.07, 6.45) is 1.61. The van der Waals surface area contributed by atoms with E-state index in [1.807, 2.05) is 18.2 Å². The third-order valence-corrected chi connectivity index (χ3v) is 6.33. The maximum atomic E-state index is 12.8. The van der Waals surface area contributed by atoms with Gasteiger partial charge in [-0.3, -0.25) is 19.3 Å². The molecule has 9 heteroatoms. The number of nitrogens with one attached hydrogen (secondary N) is 1. The van der Waals surface area contributed by atoms with Crippen LogP contribution in [0.4, 0.5) is 10.5 Å². The number of thioether (sulfide) groups is 1. The molecule has 1 N–H and O–H groups in total. The van der Waals surface area contributed by atoms with Gasteiger partial charge >= 0.3 is 0 Å². The number of carbonyl (C=O) groups excluding carboxylic acids is 3. The Labute approximate surface area is 211 Å². The summed E-state index contributed by atoms with van der Waals surface area (Å²) in [5.41, 5.74) is 2.08. The summed E-state index contributed by atoms with van der Waals surface area (Å²) < 4.78 is 10.9. The van der Waals surface area contributed by atoms with E-state index in [1.54, 1.807) is 67.8 Å². The molecule has 3 aromatic rings. The predicted molar refractivity (Wildman–Crippen MR) is 137 cm³/mol. The number of hydrogen-bond donors (Lipinski definition) is 1. The van der Waals surface area contributed by atoms with Gasteiger partial charge in [0.05, 0.1) is 12.0 Å². The summed E-state index contributed by atoms with van der Waals surface area (Å²) in [5, 5.41) is 2.79. The van der Waals surface area contributed by atoms with Crippen LogP contribution in [0.25, 0.3) is 6.08 Å². The first-order valence-electron chi connectivity index (χ1n) is 10.6. The number of imide groups is 1. The average Bonchev–Trinajstić information content (AvgIpc) is 3.11. The van der Waals surface area contributed by atoms with Crippen molar-refractivity contribution in [3.8, 4) is 11.5 Å². The van der Waals surface area contributed by atoms with Crippen LogP contribution in [0.1, 0.15) is 11.1 Å². The fourth-order valence-corrected chi connectivity index (χ4v) is 4.31. The van der Waals surface area contributed by atoms with Crippen LogP contribution in [-0.2, 0) is 16.2 Å². The minimum atomic E-state index is -0.521. The predicted octanol–water partition coefficient (Wildman–Crippen LogP) is 5.60. The van der Waals surface area contributed by atoms with Gasteiger partial charge < -0.3 is 14.8 Å². The molecule has 0 aliphatic carbocycles. The molecule has 0 saturated carbocycles. The van der Waals surface area contributed by atoms with Crippen molar-refractivity contribution in [3.63, 3.8) is 0 Å². The van der Waals surface area contributed by atoms with Crippen LogP contribution in [0.3, 0.4) is 0 Å². The van der Waals surface area contributed by atoms with E-state index in [0.717, 1.165) is 22.2 Å². The molecule has 1 fully saturated rings. The third-order valence-electron chi connectivity index (χ3n) is 5.06. The van der Waals surface area contributed by atoms with Crippen molar-refractivity contribution in [1.29, 1.82) is 0 Å². The SMILES string of the molecule is COc1ccc(NC(=O)CN2C(=O)S/C(=C/c3cccc(OCc4ccccc4Cl)c3)C2=O)cc1. The molecule has 0 atom stereocenters. The molecule has 0 spiro atoms. The first kappa shape index (κ1) is 24.4. The molecule has 0 bridgehead atoms. The highest BCUT2D eigenvalue weighted by atomic mass is 35.5. The number of ether oxygens (including phenoxy) is 2. The van der Waals surface area contributed by atoms with Gasteiger partial charge in [-0.15, -0.1) is 0 Å². The molecular formula is C26H21ClN2O5S. The van der Waals surface area contributed by atoms with Crippen molar-refractivity contribution in [2.24, 2.45) is 0 Å². The fraction of sp³-hybridized carbons (Fsp3) is 0.115. The van der Waals surface area contributed by atoms with Crippen LogP contribution in [0.15, 0.2) is 77.7 Å². The maximum Gasteiger partial charge on any atom is 0.294 e. The summed E-state index contributed by atoms with van der Waals surface area (Å²) in [6, 6.07) is 21.3. The smallest absolute Gasteiger partial charge is 0.294 e. The van der Waals surface area contributed by atoms with Crippen molar-refractivity contribution < 1.29 is 23.9 Å². The van der Waals surface area contributed by atoms with Crippen LogP contribution in [0.2, 0.25) is 5.02 Å². The summed E-state index contributed by atoms with van der Waals surface area (Å²) in [4.78, 5) is 38.8. The Morgan fingerprint density at radius 2 is 1.80 bits per heavy atom. The molecule has 1 saturated heterocycles. The number of methoxy groups -OCH3 is 1. The van der Waals surface area contributed by atoms with Gasteiger partial charge in [0.15, 0.2) is 0 Å². The van der Waals surface area contributed by atoms with Gasteiger partial charge in [0.1, 0.15) is 24.7 Å². The van der Waals surface area contributed by atoms with E-state index in [2.05, 4.69) is 5.32 Å². The minimum absolute atomic E-state index is 0.232. The highest BCUT2D eigenvalue weighted by molar-refractivity contribution is 8.18. The van der Waals surface area contributed by atoms with Crippen molar-refractivity contribution in [1.82, 2.24) is 4.90 Å². The molecule has 1 heterocycles. The number of carbonyl (C=O) groups is 3. The van der Waals surface area contributed by atoms with E-state index < -0.39 is 17.1 Å². The number of nitrogens with zero attached hydrogens (tertiary/aromatic N) is 1. The standard InChI is InChI=1S/C26H21ClN2O5S/c1-33-20-11-9-19(10-12-20)28-24(30)15-29-25(31)23(35-26(29)32)14-17-5-4-7-21(13-17)34-16-18-6-2-3-8-22(18)27/h2-14H,15-16H2,1H3,(H,28,30)/b23-14+. The second-order valence-electron chi connectivity index (χ2n) is 7.50. The van der Waals surface area contributed by atoms with Crippen molar-refractivity contribution in [2.45, 2.75) is 6.61 Å². The zero-order chi connectivity index (χ0) is 24.8. The summed E-state index contributed by atoms with van der Waals surface area (Å²) in [5.74, 6) is 0.245. The molecule has 4 rings (SSSR count). The Morgan fingerprint density at radius 3 is 2.54 bits per heavy atom. The zero-order valence-corrected chi connectivity index (χ0v) is 20.3. The van der Waals surface area contributed by atoms with Gasteiger partial charge in [-0.05, 0) is 65.9 Å². The molecule has 1 aliphatic heterocycles. The van der Waals surface area contributed by atoms with E-state index in [1.165, 1.54) is 0 Å². The molecule has 3 aromatic carbocycles. The Bertz CT molecular complexity index is 1290. The largest absolute Gasteiger partial charge is 0.497 e. The Morgan fingerprint density at radius 1 is 1.03 bits per heavy atom. The third kappa shape index (κ3) is 6.23. The maximum absolute atomic E-state index is 12.8. The van der Waals surface area contributed by atoms with E-state index in [4.69, 9.17) is 21.1 Å².